The van der Waals surface area contributed by atoms with E-state index in [1.54, 1.807) is 11.9 Å². The van der Waals surface area contributed by atoms with Gasteiger partial charge in [-0.05, 0) is 0 Å². The summed E-state index contributed by atoms with van der Waals surface area (Å²) in [4.78, 5) is 27.5. The zero-order valence-electron chi connectivity index (χ0n) is 12.6. The van der Waals surface area contributed by atoms with E-state index in [0.29, 0.717) is 11.5 Å². The van der Waals surface area contributed by atoms with Gasteiger partial charge >= 0.3 is 7.82 Å². The van der Waals surface area contributed by atoms with E-state index in [9.17, 15) is 14.8 Å². The summed E-state index contributed by atoms with van der Waals surface area (Å²) < 4.78 is 22.0. The van der Waals surface area contributed by atoms with Crippen molar-refractivity contribution in [2.45, 2.75) is 30.7 Å². The smallest absolute Gasteiger partial charge is 0.387 e. The van der Waals surface area contributed by atoms with Crippen molar-refractivity contribution in [2.75, 3.05) is 13.7 Å². The molecule has 24 heavy (non-hydrogen) atoms. The second kappa shape index (κ2) is 6.17. The summed E-state index contributed by atoms with van der Waals surface area (Å²) in [5.74, 6) is 0.369. The molecule has 0 aliphatic carbocycles. The van der Waals surface area contributed by atoms with Crippen LogP contribution in [0.15, 0.2) is 11.3 Å². The maximum Gasteiger partial charge on any atom is 0.469 e. The fourth-order valence-corrected chi connectivity index (χ4v) is 2.92. The van der Waals surface area contributed by atoms with Gasteiger partial charge in [0, 0.05) is 7.05 Å². The van der Waals surface area contributed by atoms with Gasteiger partial charge in [0.2, 0.25) is 0 Å². The molecule has 3 rings (SSSR count). The van der Waals surface area contributed by atoms with Gasteiger partial charge in [-0.3, -0.25) is 9.09 Å². The van der Waals surface area contributed by atoms with Crippen LogP contribution >= 0.6 is 7.82 Å². The molecule has 0 bridgehead atoms. The number of rotatable bonds is 4. The van der Waals surface area contributed by atoms with Crippen LogP contribution in [0.1, 0.15) is 18.1 Å². The molecule has 1 saturated heterocycles. The number of hydrogen-bond donors (Lipinski definition) is 5. The molecule has 0 amide bonds. The molecule has 3 heterocycles. The third-order valence-corrected chi connectivity index (χ3v) is 4.38. The van der Waals surface area contributed by atoms with Gasteiger partial charge in [-0.1, -0.05) is 0 Å². The molecule has 0 unspecified atom stereocenters. The van der Waals surface area contributed by atoms with E-state index >= 15 is 0 Å². The highest BCUT2D eigenvalue weighted by molar-refractivity contribution is 7.46. The normalized spacial score (nSPS) is 33.1. The van der Waals surface area contributed by atoms with Crippen molar-refractivity contribution in [3.63, 3.8) is 0 Å². The molecule has 0 saturated carbocycles. The van der Waals surface area contributed by atoms with Crippen LogP contribution in [0.2, 0.25) is 0 Å². The number of aromatic nitrogens is 2. The van der Waals surface area contributed by atoms with Gasteiger partial charge in [-0.15, -0.1) is 0 Å². The fraction of sp³-hybridized carbons (Fsp3) is 0.636. The van der Waals surface area contributed by atoms with E-state index in [0.717, 1.165) is 0 Å². The number of aliphatic hydroxyl groups is 2. The Kier molecular flexibility index (Phi) is 4.49. The van der Waals surface area contributed by atoms with Gasteiger partial charge in [0.1, 0.15) is 30.2 Å². The predicted octanol–water partition coefficient (Wildman–Crippen LogP) is -1.83. The van der Waals surface area contributed by atoms with Crippen molar-refractivity contribution >= 4 is 20.0 Å². The number of aliphatic imine (C=N–C) groups is 1. The molecule has 5 atom stereocenters. The van der Waals surface area contributed by atoms with E-state index in [1.807, 2.05) is 0 Å². The standard InChI is InChI=1S/C11H18N5O7P/c1-15-3-14-10-6(9(15)12)13-4-16(10)11-8(18)7(17)5(23-11)2-22-24(19,20)21/h3-5,7-9,11,17-18H,2,12H2,1H3,(H2,19,20,21)/t5-,7-,8-,9+,11-/m1/s1. The number of hydrogen-bond acceptors (Lipinski definition) is 9. The Morgan fingerprint density at radius 3 is 2.79 bits per heavy atom. The van der Waals surface area contributed by atoms with Crippen LogP contribution in [0, 0.1) is 0 Å². The SMILES string of the molecule is CN1C=Nc2c(ncn2[C@@H]2O[C@H](COP(=O)(O)O)[C@@H](O)[C@H]2O)[C@H]1N. The third-order valence-electron chi connectivity index (χ3n) is 3.89. The zero-order valence-corrected chi connectivity index (χ0v) is 13.5. The molecule has 12 nitrogen and oxygen atoms in total. The molecular weight excluding hydrogens is 345 g/mol. The molecule has 2 aliphatic rings. The maximum atomic E-state index is 10.8. The molecule has 0 aromatic carbocycles. The summed E-state index contributed by atoms with van der Waals surface area (Å²) in [5.41, 5.74) is 6.46. The second-order valence-electron chi connectivity index (χ2n) is 5.55. The van der Waals surface area contributed by atoms with Crippen LogP contribution in [0.3, 0.4) is 0 Å². The van der Waals surface area contributed by atoms with Gasteiger partial charge in [0.25, 0.3) is 0 Å². The Labute approximate surface area is 136 Å². The quantitative estimate of drug-likeness (QED) is 0.383. The number of phosphoric acid groups is 1. The van der Waals surface area contributed by atoms with Gasteiger partial charge in [-0.25, -0.2) is 14.5 Å². The lowest BCUT2D eigenvalue weighted by molar-refractivity contribution is -0.0513. The first kappa shape index (κ1) is 17.5. The highest BCUT2D eigenvalue weighted by atomic mass is 31.2. The largest absolute Gasteiger partial charge is 0.469 e. The third kappa shape index (κ3) is 3.10. The minimum atomic E-state index is -4.72. The maximum absolute atomic E-state index is 10.8. The fourth-order valence-electron chi connectivity index (χ4n) is 2.57. The number of fused-ring (bicyclic) bond motifs is 1. The zero-order chi connectivity index (χ0) is 17.6. The average Bonchev–Trinajstić information content (AvgIpc) is 3.04. The van der Waals surface area contributed by atoms with E-state index < -0.39 is 45.1 Å². The Morgan fingerprint density at radius 1 is 1.42 bits per heavy atom. The van der Waals surface area contributed by atoms with Crippen molar-refractivity contribution < 1.29 is 33.8 Å². The van der Waals surface area contributed by atoms with Crippen LogP contribution in [0.25, 0.3) is 0 Å². The molecule has 1 aromatic rings. The minimum absolute atomic E-state index is 0.369. The Hall–Kier alpha value is -1.37. The highest BCUT2D eigenvalue weighted by Gasteiger charge is 2.45. The number of imidazole rings is 1. The molecule has 6 N–H and O–H groups in total. The van der Waals surface area contributed by atoms with Crippen LogP contribution in [-0.2, 0) is 13.8 Å². The molecule has 1 aromatic heterocycles. The van der Waals surface area contributed by atoms with Crippen molar-refractivity contribution in [1.82, 2.24) is 14.5 Å². The Balaban J connectivity index is 1.81. The monoisotopic (exact) mass is 363 g/mol. The van der Waals surface area contributed by atoms with Crippen molar-refractivity contribution in [3.05, 3.63) is 12.0 Å². The first-order valence-corrected chi connectivity index (χ1v) is 8.52. The number of phosphoric ester groups is 1. The van der Waals surface area contributed by atoms with Crippen molar-refractivity contribution in [2.24, 2.45) is 10.7 Å². The Morgan fingerprint density at radius 2 is 2.12 bits per heavy atom. The second-order valence-corrected chi connectivity index (χ2v) is 6.79. The summed E-state index contributed by atoms with van der Waals surface area (Å²) >= 11 is 0. The summed E-state index contributed by atoms with van der Waals surface area (Å²) in [5, 5.41) is 20.2. The average molecular weight is 363 g/mol. The molecule has 0 spiro atoms. The van der Waals surface area contributed by atoms with Crippen molar-refractivity contribution in [1.29, 1.82) is 0 Å². The highest BCUT2D eigenvalue weighted by Crippen LogP contribution is 2.40. The van der Waals surface area contributed by atoms with Gasteiger partial charge in [0.15, 0.2) is 12.0 Å². The van der Waals surface area contributed by atoms with Gasteiger partial charge < -0.3 is 35.4 Å². The number of ether oxygens (including phenoxy) is 1. The molecule has 0 radical (unpaired) electrons. The first-order valence-electron chi connectivity index (χ1n) is 6.99. The summed E-state index contributed by atoms with van der Waals surface area (Å²) in [6, 6.07) is 0. The number of aliphatic hydroxyl groups excluding tert-OH is 2. The number of nitrogens with zero attached hydrogens (tertiary/aromatic N) is 4. The summed E-state index contributed by atoms with van der Waals surface area (Å²) in [6.07, 6.45) is -2.58. The molecular formula is C11H18N5O7P. The number of nitrogens with two attached hydrogens (primary N) is 1. The van der Waals surface area contributed by atoms with E-state index in [-0.39, 0.29) is 0 Å². The molecule has 1 fully saturated rings. The topological polar surface area (TPSA) is 176 Å². The lowest BCUT2D eigenvalue weighted by Gasteiger charge is -2.26. The lowest BCUT2D eigenvalue weighted by atomic mass is 10.1. The molecule has 13 heteroatoms. The van der Waals surface area contributed by atoms with Crippen LogP contribution in [0.4, 0.5) is 5.82 Å². The van der Waals surface area contributed by atoms with E-state index in [1.165, 1.54) is 17.2 Å². The molecule has 2 aliphatic heterocycles. The van der Waals surface area contributed by atoms with E-state index in [4.69, 9.17) is 20.3 Å². The lowest BCUT2D eigenvalue weighted by Crippen LogP contribution is -2.34. The summed E-state index contributed by atoms with van der Waals surface area (Å²) in [7, 11) is -2.98. The minimum Gasteiger partial charge on any atom is -0.387 e. The summed E-state index contributed by atoms with van der Waals surface area (Å²) in [6.45, 7) is -0.582. The van der Waals surface area contributed by atoms with Gasteiger partial charge in [-0.2, -0.15) is 0 Å². The molecule has 134 valence electrons. The van der Waals surface area contributed by atoms with Gasteiger partial charge in [0.05, 0.1) is 19.3 Å². The van der Waals surface area contributed by atoms with Crippen LogP contribution in [0.5, 0.6) is 0 Å². The van der Waals surface area contributed by atoms with Crippen LogP contribution < -0.4 is 5.73 Å². The first-order chi connectivity index (χ1) is 11.2. The predicted molar refractivity (Wildman–Crippen MR) is 79.0 cm³/mol. The van der Waals surface area contributed by atoms with Crippen LogP contribution in [-0.4, -0.2) is 72.8 Å². The van der Waals surface area contributed by atoms with Crippen molar-refractivity contribution in [3.8, 4) is 0 Å². The van der Waals surface area contributed by atoms with E-state index in [2.05, 4.69) is 14.5 Å². The Bertz CT molecular complexity index is 690.